The second-order valence-corrected chi connectivity index (χ2v) is 2.83. The van der Waals surface area contributed by atoms with E-state index in [0.29, 0.717) is 5.69 Å². The van der Waals surface area contributed by atoms with Gasteiger partial charge in [-0.25, -0.2) is 0 Å². The monoisotopic (exact) mass is 204 g/mol. The van der Waals surface area contributed by atoms with Crippen molar-refractivity contribution in [1.82, 2.24) is 25.6 Å². The molecule has 2 heterocycles. The summed E-state index contributed by atoms with van der Waals surface area (Å²) in [7, 11) is 0. The van der Waals surface area contributed by atoms with Gasteiger partial charge in [-0.15, -0.1) is 10.2 Å². The number of rotatable bonds is 2. The molecule has 0 aromatic carbocycles. The average molecular weight is 204 g/mol. The number of amides is 1. The molecule has 0 bridgehead atoms. The Morgan fingerprint density at radius 1 is 1.53 bits per heavy atom. The van der Waals surface area contributed by atoms with Crippen LogP contribution in [-0.4, -0.2) is 31.5 Å². The van der Waals surface area contributed by atoms with Crippen molar-refractivity contribution in [2.75, 3.05) is 5.32 Å². The summed E-state index contributed by atoms with van der Waals surface area (Å²) < 4.78 is 0. The van der Waals surface area contributed by atoms with Crippen LogP contribution in [0.3, 0.4) is 0 Å². The van der Waals surface area contributed by atoms with Gasteiger partial charge < -0.3 is 5.32 Å². The highest BCUT2D eigenvalue weighted by molar-refractivity contribution is 6.01. The van der Waals surface area contributed by atoms with E-state index >= 15 is 0 Å². The Hall–Kier alpha value is -2.31. The highest BCUT2D eigenvalue weighted by Crippen LogP contribution is 2.10. The third kappa shape index (κ3) is 1.96. The predicted octanol–water partition coefficient (Wildman–Crippen LogP) is 0.155. The van der Waals surface area contributed by atoms with Crippen LogP contribution in [0.2, 0.25) is 0 Å². The molecule has 2 aromatic rings. The van der Waals surface area contributed by atoms with Crippen molar-refractivity contribution in [2.24, 2.45) is 0 Å². The highest BCUT2D eigenvalue weighted by atomic mass is 16.2. The van der Waals surface area contributed by atoms with Crippen LogP contribution in [0.5, 0.6) is 0 Å². The summed E-state index contributed by atoms with van der Waals surface area (Å²) in [4.78, 5) is 15.5. The van der Waals surface area contributed by atoms with Crippen molar-refractivity contribution in [3.05, 3.63) is 29.8 Å². The normalized spacial score (nSPS) is 9.93. The van der Waals surface area contributed by atoms with E-state index in [1.54, 1.807) is 25.3 Å². The van der Waals surface area contributed by atoms with Crippen molar-refractivity contribution in [1.29, 1.82) is 0 Å². The number of hydrogen-bond donors (Lipinski definition) is 2. The molecule has 0 unspecified atom stereocenters. The van der Waals surface area contributed by atoms with Gasteiger partial charge in [0, 0.05) is 6.20 Å². The first-order valence-electron chi connectivity index (χ1n) is 4.24. The van der Waals surface area contributed by atoms with Crippen molar-refractivity contribution >= 4 is 11.6 Å². The zero-order valence-corrected chi connectivity index (χ0v) is 7.93. The minimum atomic E-state index is -0.417. The second-order valence-electron chi connectivity index (χ2n) is 2.83. The molecule has 7 nitrogen and oxygen atoms in total. The fraction of sp³-hybridized carbons (Fsp3) is 0.125. The summed E-state index contributed by atoms with van der Waals surface area (Å²) >= 11 is 0. The van der Waals surface area contributed by atoms with E-state index in [1.807, 2.05) is 0 Å². The molecule has 76 valence electrons. The minimum absolute atomic E-state index is 0.00162. The molecule has 0 saturated heterocycles. The lowest BCUT2D eigenvalue weighted by Gasteiger charge is -2.03. The molecule has 15 heavy (non-hydrogen) atoms. The van der Waals surface area contributed by atoms with Crippen LogP contribution in [0, 0.1) is 6.92 Å². The lowest BCUT2D eigenvalue weighted by Crippen LogP contribution is -2.14. The summed E-state index contributed by atoms with van der Waals surface area (Å²) in [6.07, 6.45) is 1.65. The topological polar surface area (TPSA) is 96.5 Å². The zero-order valence-electron chi connectivity index (χ0n) is 7.93. The van der Waals surface area contributed by atoms with Crippen molar-refractivity contribution < 1.29 is 4.79 Å². The van der Waals surface area contributed by atoms with Crippen LogP contribution in [0.4, 0.5) is 5.69 Å². The number of tetrazole rings is 1. The Balaban J connectivity index is 2.17. The van der Waals surface area contributed by atoms with Crippen LogP contribution in [0.1, 0.15) is 16.3 Å². The molecular formula is C8H8N6O. The van der Waals surface area contributed by atoms with Crippen LogP contribution >= 0.6 is 0 Å². The molecule has 0 aliphatic rings. The summed E-state index contributed by atoms with van der Waals surface area (Å²) in [6, 6.07) is 3.49. The molecule has 0 spiro atoms. The van der Waals surface area contributed by atoms with Gasteiger partial charge in [0.2, 0.25) is 0 Å². The van der Waals surface area contributed by atoms with E-state index in [-0.39, 0.29) is 5.82 Å². The van der Waals surface area contributed by atoms with E-state index in [1.165, 1.54) is 0 Å². The predicted molar refractivity (Wildman–Crippen MR) is 51.1 cm³/mol. The van der Waals surface area contributed by atoms with Crippen LogP contribution in [0.25, 0.3) is 0 Å². The van der Waals surface area contributed by atoms with Crippen molar-refractivity contribution in [3.63, 3.8) is 0 Å². The number of hydrogen-bond acceptors (Lipinski definition) is 5. The summed E-state index contributed by atoms with van der Waals surface area (Å²) in [6.45, 7) is 1.80. The number of nitrogens with one attached hydrogen (secondary N) is 2. The SMILES string of the molecule is Cc1ncccc1NC(=O)c1nn[nH]n1. The number of nitrogens with zero attached hydrogens (tertiary/aromatic N) is 4. The Kier molecular flexibility index (Phi) is 2.36. The van der Waals surface area contributed by atoms with E-state index in [2.05, 4.69) is 30.9 Å². The van der Waals surface area contributed by atoms with Gasteiger partial charge in [0.1, 0.15) is 0 Å². The van der Waals surface area contributed by atoms with Gasteiger partial charge in [0.25, 0.3) is 11.7 Å². The number of carbonyl (C=O) groups is 1. The minimum Gasteiger partial charge on any atom is -0.317 e. The van der Waals surface area contributed by atoms with E-state index in [9.17, 15) is 4.79 Å². The van der Waals surface area contributed by atoms with Gasteiger partial charge in [0.05, 0.1) is 11.4 Å². The average Bonchev–Trinajstić information content (AvgIpc) is 2.74. The van der Waals surface area contributed by atoms with E-state index in [0.717, 1.165) is 5.69 Å². The summed E-state index contributed by atoms with van der Waals surface area (Å²) in [5, 5.41) is 15.2. The second kappa shape index (κ2) is 3.82. The van der Waals surface area contributed by atoms with Gasteiger partial charge >= 0.3 is 0 Å². The zero-order chi connectivity index (χ0) is 10.7. The van der Waals surface area contributed by atoms with Gasteiger partial charge in [0.15, 0.2) is 0 Å². The molecule has 2 N–H and O–H groups in total. The van der Waals surface area contributed by atoms with Gasteiger partial charge in [-0.1, -0.05) is 0 Å². The third-order valence-electron chi connectivity index (χ3n) is 1.80. The van der Waals surface area contributed by atoms with Crippen molar-refractivity contribution in [3.8, 4) is 0 Å². The Morgan fingerprint density at radius 3 is 3.07 bits per heavy atom. The maximum Gasteiger partial charge on any atom is 0.297 e. The quantitative estimate of drug-likeness (QED) is 0.726. The lowest BCUT2D eigenvalue weighted by molar-refractivity contribution is 0.101. The lowest BCUT2D eigenvalue weighted by atomic mass is 10.3. The number of aromatic nitrogens is 5. The largest absolute Gasteiger partial charge is 0.317 e. The Labute approximate surface area is 84.9 Å². The molecule has 0 saturated carbocycles. The first kappa shape index (κ1) is 9.25. The van der Waals surface area contributed by atoms with E-state index in [4.69, 9.17) is 0 Å². The number of carbonyl (C=O) groups excluding carboxylic acids is 1. The molecule has 2 aromatic heterocycles. The first-order chi connectivity index (χ1) is 7.27. The molecule has 1 amide bonds. The Bertz CT molecular complexity index is 466. The fourth-order valence-electron chi connectivity index (χ4n) is 1.05. The van der Waals surface area contributed by atoms with Gasteiger partial charge in [-0.05, 0) is 24.3 Å². The molecule has 0 atom stereocenters. The Morgan fingerprint density at radius 2 is 2.40 bits per heavy atom. The van der Waals surface area contributed by atoms with E-state index < -0.39 is 5.91 Å². The molecular weight excluding hydrogens is 196 g/mol. The highest BCUT2D eigenvalue weighted by Gasteiger charge is 2.11. The van der Waals surface area contributed by atoms with Gasteiger partial charge in [-0.2, -0.15) is 5.21 Å². The van der Waals surface area contributed by atoms with Crippen LogP contribution in [0.15, 0.2) is 18.3 Å². The van der Waals surface area contributed by atoms with Crippen LogP contribution < -0.4 is 5.32 Å². The summed E-state index contributed by atoms with van der Waals surface area (Å²) in [5.74, 6) is -0.418. The molecule has 0 aliphatic heterocycles. The number of anilines is 1. The molecule has 7 heteroatoms. The maximum atomic E-state index is 11.5. The first-order valence-corrected chi connectivity index (χ1v) is 4.24. The fourth-order valence-corrected chi connectivity index (χ4v) is 1.05. The molecule has 0 radical (unpaired) electrons. The third-order valence-corrected chi connectivity index (χ3v) is 1.80. The number of H-pyrrole nitrogens is 1. The molecule has 0 aliphatic carbocycles. The molecule has 0 fully saturated rings. The molecule has 2 rings (SSSR count). The van der Waals surface area contributed by atoms with Crippen molar-refractivity contribution in [2.45, 2.75) is 6.92 Å². The standard InChI is InChI=1S/C8H8N6O/c1-5-6(3-2-4-9-5)10-8(15)7-11-13-14-12-7/h2-4H,1H3,(H,10,15)(H,11,12,13,14). The summed E-state index contributed by atoms with van der Waals surface area (Å²) in [5.41, 5.74) is 1.36. The van der Waals surface area contributed by atoms with Crippen LogP contribution in [-0.2, 0) is 0 Å². The van der Waals surface area contributed by atoms with Gasteiger partial charge in [-0.3, -0.25) is 9.78 Å². The smallest absolute Gasteiger partial charge is 0.297 e. The maximum absolute atomic E-state index is 11.5. The number of pyridine rings is 1. The number of aryl methyl sites for hydroxylation is 1. The number of aromatic amines is 1.